The van der Waals surface area contributed by atoms with E-state index in [0.29, 0.717) is 12.3 Å². The van der Waals surface area contributed by atoms with Crippen LogP contribution in [0.1, 0.15) is 48.8 Å². The fourth-order valence-corrected chi connectivity index (χ4v) is 3.24. The Morgan fingerprint density at radius 1 is 1.00 bits per heavy atom. The number of hydroxylamine groups is 1. The summed E-state index contributed by atoms with van der Waals surface area (Å²) in [5.74, 6) is 0.169. The first-order valence-corrected chi connectivity index (χ1v) is 10.1. The Labute approximate surface area is 173 Å². The molecule has 0 aliphatic heterocycles. The highest BCUT2D eigenvalue weighted by Crippen LogP contribution is 2.24. The van der Waals surface area contributed by atoms with E-state index in [9.17, 15) is 4.79 Å². The molecule has 1 amide bonds. The summed E-state index contributed by atoms with van der Waals surface area (Å²) in [6.45, 7) is 4.99. The van der Waals surface area contributed by atoms with Crippen molar-refractivity contribution in [3.8, 4) is 0 Å². The molecule has 0 aromatic heterocycles. The molecule has 2 rings (SSSR count). The third-order valence-electron chi connectivity index (χ3n) is 5.06. The van der Waals surface area contributed by atoms with Gasteiger partial charge in [-0.1, -0.05) is 31.0 Å². The van der Waals surface area contributed by atoms with Gasteiger partial charge in [0.1, 0.15) is 5.84 Å². The van der Waals surface area contributed by atoms with Gasteiger partial charge < -0.3 is 10.2 Å². The lowest BCUT2D eigenvalue weighted by Crippen LogP contribution is -2.27. The highest BCUT2D eigenvalue weighted by atomic mass is 16.5. The highest BCUT2D eigenvalue weighted by molar-refractivity contribution is 5.96. The Morgan fingerprint density at radius 3 is 2.24 bits per heavy atom. The van der Waals surface area contributed by atoms with Crippen molar-refractivity contribution in [1.82, 2.24) is 10.4 Å². The summed E-state index contributed by atoms with van der Waals surface area (Å²) in [6.07, 6.45) is 4.01. The molecule has 0 radical (unpaired) electrons. The fraction of sp³-hybridized carbons (Fsp3) is 0.391. The molecule has 0 heterocycles. The lowest BCUT2D eigenvalue weighted by molar-refractivity contribution is -0.129. The van der Waals surface area contributed by atoms with E-state index in [-0.39, 0.29) is 5.91 Å². The average molecular weight is 397 g/mol. The number of amides is 1. The van der Waals surface area contributed by atoms with E-state index in [4.69, 9.17) is 10.6 Å². The van der Waals surface area contributed by atoms with E-state index < -0.39 is 0 Å². The Bertz CT molecular complexity index is 798. The average Bonchev–Trinajstić information content (AvgIpc) is 2.72. The zero-order valence-electron chi connectivity index (χ0n) is 17.6. The maximum absolute atomic E-state index is 11.0. The standard InChI is InChI=1S/C23H32N4O2/c1-17-9-8-10-18(2)22(17)25-20-14-12-19(13-15-20)23(24)27(3)16-7-5-4-6-11-21(28)26-29/h8-10,12-15,24-25,29H,4-7,11,16H2,1-3H3,(H,26,28). The predicted molar refractivity (Wildman–Crippen MR) is 118 cm³/mol. The number of amidine groups is 1. The Hall–Kier alpha value is -2.86. The first-order chi connectivity index (χ1) is 13.9. The molecule has 0 fully saturated rings. The molecule has 0 saturated heterocycles. The number of hydrogen-bond acceptors (Lipinski definition) is 4. The number of rotatable bonds is 10. The number of hydrogen-bond donors (Lipinski definition) is 4. The molecule has 2 aromatic carbocycles. The van der Waals surface area contributed by atoms with Crippen LogP contribution in [0.25, 0.3) is 0 Å². The van der Waals surface area contributed by atoms with Crippen molar-refractivity contribution in [1.29, 1.82) is 5.41 Å². The molecular weight excluding hydrogens is 364 g/mol. The normalized spacial score (nSPS) is 10.5. The van der Waals surface area contributed by atoms with Gasteiger partial charge in [0.05, 0.1) is 0 Å². The van der Waals surface area contributed by atoms with Crippen LogP contribution in [0.4, 0.5) is 11.4 Å². The van der Waals surface area contributed by atoms with E-state index in [2.05, 4.69) is 37.4 Å². The minimum absolute atomic E-state index is 0.334. The second-order valence-corrected chi connectivity index (χ2v) is 7.44. The van der Waals surface area contributed by atoms with Crippen molar-refractivity contribution in [2.45, 2.75) is 46.0 Å². The van der Waals surface area contributed by atoms with Crippen LogP contribution in [0.2, 0.25) is 0 Å². The summed E-state index contributed by atoms with van der Waals surface area (Å²) in [5, 5.41) is 20.4. The lowest BCUT2D eigenvalue weighted by atomic mass is 10.1. The fourth-order valence-electron chi connectivity index (χ4n) is 3.24. The molecule has 0 spiro atoms. The molecule has 6 heteroatoms. The number of nitrogens with one attached hydrogen (secondary N) is 3. The third kappa shape index (κ3) is 6.91. The quantitative estimate of drug-likeness (QED) is 0.153. The molecule has 0 atom stereocenters. The maximum atomic E-state index is 11.0. The van der Waals surface area contributed by atoms with Crippen molar-refractivity contribution >= 4 is 23.1 Å². The van der Waals surface area contributed by atoms with Gasteiger partial charge in [-0.2, -0.15) is 0 Å². The van der Waals surface area contributed by atoms with Crippen LogP contribution >= 0.6 is 0 Å². The number of carbonyl (C=O) groups excluding carboxylic acids is 1. The molecule has 4 N–H and O–H groups in total. The molecular formula is C23H32N4O2. The minimum atomic E-state index is -0.334. The number of para-hydroxylation sites is 1. The van der Waals surface area contributed by atoms with Crippen LogP contribution in [-0.2, 0) is 4.79 Å². The van der Waals surface area contributed by atoms with Gasteiger partial charge in [0.25, 0.3) is 0 Å². The summed E-state index contributed by atoms with van der Waals surface area (Å²) >= 11 is 0. The second kappa shape index (κ2) is 11.2. The third-order valence-corrected chi connectivity index (χ3v) is 5.06. The summed E-state index contributed by atoms with van der Waals surface area (Å²) in [6, 6.07) is 14.2. The summed E-state index contributed by atoms with van der Waals surface area (Å²) in [7, 11) is 1.93. The van der Waals surface area contributed by atoms with E-state index >= 15 is 0 Å². The van der Waals surface area contributed by atoms with Crippen LogP contribution < -0.4 is 10.8 Å². The van der Waals surface area contributed by atoms with Crippen LogP contribution in [-0.4, -0.2) is 35.4 Å². The number of nitrogens with zero attached hydrogens (tertiary/aromatic N) is 1. The number of unbranched alkanes of at least 4 members (excludes halogenated alkanes) is 3. The van der Waals surface area contributed by atoms with Crippen LogP contribution in [0.5, 0.6) is 0 Å². The Kier molecular flexibility index (Phi) is 8.68. The Morgan fingerprint density at radius 2 is 1.62 bits per heavy atom. The van der Waals surface area contributed by atoms with Crippen molar-refractivity contribution in [2.24, 2.45) is 0 Å². The van der Waals surface area contributed by atoms with Crippen LogP contribution in [0.3, 0.4) is 0 Å². The highest BCUT2D eigenvalue weighted by Gasteiger charge is 2.08. The van der Waals surface area contributed by atoms with E-state index in [1.807, 2.05) is 36.2 Å². The van der Waals surface area contributed by atoms with Crippen LogP contribution in [0.15, 0.2) is 42.5 Å². The maximum Gasteiger partial charge on any atom is 0.243 e. The molecule has 2 aromatic rings. The van der Waals surface area contributed by atoms with Gasteiger partial charge in [-0.05, 0) is 62.1 Å². The number of carbonyl (C=O) groups is 1. The summed E-state index contributed by atoms with van der Waals surface area (Å²) < 4.78 is 0. The van der Waals surface area contributed by atoms with Crippen molar-refractivity contribution in [3.63, 3.8) is 0 Å². The molecule has 29 heavy (non-hydrogen) atoms. The molecule has 0 aliphatic carbocycles. The van der Waals surface area contributed by atoms with E-state index in [1.165, 1.54) is 11.1 Å². The first-order valence-electron chi connectivity index (χ1n) is 10.1. The van der Waals surface area contributed by atoms with Crippen LogP contribution in [0, 0.1) is 19.3 Å². The van der Waals surface area contributed by atoms with Gasteiger partial charge >= 0.3 is 0 Å². The molecule has 0 unspecified atom stereocenters. The van der Waals surface area contributed by atoms with Crippen molar-refractivity contribution in [2.75, 3.05) is 18.9 Å². The second-order valence-electron chi connectivity index (χ2n) is 7.44. The number of anilines is 2. The molecule has 156 valence electrons. The van der Waals surface area contributed by atoms with Crippen molar-refractivity contribution in [3.05, 3.63) is 59.2 Å². The number of benzene rings is 2. The van der Waals surface area contributed by atoms with Gasteiger partial charge in [0, 0.05) is 37.0 Å². The van der Waals surface area contributed by atoms with Crippen molar-refractivity contribution < 1.29 is 10.0 Å². The molecule has 0 bridgehead atoms. The molecule has 0 aliphatic rings. The Balaban J connectivity index is 1.81. The van der Waals surface area contributed by atoms with E-state index in [1.54, 1.807) is 5.48 Å². The number of aryl methyl sites for hydroxylation is 2. The zero-order chi connectivity index (χ0) is 21.2. The van der Waals surface area contributed by atoms with Gasteiger partial charge in [-0.25, -0.2) is 5.48 Å². The first kappa shape index (κ1) is 22.4. The molecule has 6 nitrogen and oxygen atoms in total. The topological polar surface area (TPSA) is 88.5 Å². The molecule has 0 saturated carbocycles. The largest absolute Gasteiger partial charge is 0.360 e. The SMILES string of the molecule is Cc1cccc(C)c1Nc1ccc(C(=N)N(C)CCCCCCC(=O)NO)cc1. The minimum Gasteiger partial charge on any atom is -0.360 e. The predicted octanol–water partition coefficient (Wildman–Crippen LogP) is 4.76. The van der Waals surface area contributed by atoms with Gasteiger partial charge in [-0.3, -0.25) is 15.4 Å². The van der Waals surface area contributed by atoms with Gasteiger partial charge in [0.15, 0.2) is 0 Å². The summed E-state index contributed by atoms with van der Waals surface area (Å²) in [5.41, 5.74) is 7.09. The summed E-state index contributed by atoms with van der Waals surface area (Å²) in [4.78, 5) is 12.9. The van der Waals surface area contributed by atoms with E-state index in [0.717, 1.165) is 49.2 Å². The lowest BCUT2D eigenvalue weighted by Gasteiger charge is -2.20. The van der Waals surface area contributed by atoms with Gasteiger partial charge in [0.2, 0.25) is 5.91 Å². The monoisotopic (exact) mass is 396 g/mol. The zero-order valence-corrected chi connectivity index (χ0v) is 17.6. The smallest absolute Gasteiger partial charge is 0.243 e. The van der Waals surface area contributed by atoms with Gasteiger partial charge in [-0.15, -0.1) is 0 Å².